The number of aryl methyl sites for hydroxylation is 1. The third-order valence-corrected chi connectivity index (χ3v) is 2.18. The molecule has 0 amide bonds. The van der Waals surface area contributed by atoms with Gasteiger partial charge in [0.1, 0.15) is 6.04 Å². The average Bonchev–Trinajstić information content (AvgIpc) is 2.18. The number of benzene rings is 1. The van der Waals surface area contributed by atoms with Gasteiger partial charge in [-0.15, -0.1) is 12.4 Å². The van der Waals surface area contributed by atoms with Gasteiger partial charge in [0.25, 0.3) is 0 Å². The van der Waals surface area contributed by atoms with E-state index in [1.807, 2.05) is 0 Å². The van der Waals surface area contributed by atoms with Crippen molar-refractivity contribution in [2.45, 2.75) is 25.1 Å². The summed E-state index contributed by atoms with van der Waals surface area (Å²) >= 11 is 0. The summed E-state index contributed by atoms with van der Waals surface area (Å²) in [5.74, 6) is -2.19. The lowest BCUT2D eigenvalue weighted by Crippen LogP contribution is -2.37. The molecule has 0 heterocycles. The van der Waals surface area contributed by atoms with Crippen LogP contribution in [0.15, 0.2) is 18.2 Å². The number of hydrogen-bond donors (Lipinski definition) is 1. The van der Waals surface area contributed by atoms with Crippen LogP contribution in [0.5, 0.6) is 0 Å². The maximum Gasteiger partial charge on any atom is 0.403 e. The first-order chi connectivity index (χ1) is 7.32. The van der Waals surface area contributed by atoms with E-state index in [9.17, 15) is 22.0 Å². The molecule has 98 valence electrons. The van der Waals surface area contributed by atoms with Crippen LogP contribution in [0.3, 0.4) is 0 Å². The highest BCUT2D eigenvalue weighted by Crippen LogP contribution is 2.22. The zero-order valence-corrected chi connectivity index (χ0v) is 9.42. The summed E-state index contributed by atoms with van der Waals surface area (Å²) in [6.45, 7) is 0. The number of hydrogen-bond acceptors (Lipinski definition) is 1. The van der Waals surface area contributed by atoms with Crippen molar-refractivity contribution in [2.24, 2.45) is 5.73 Å². The molecule has 7 heteroatoms. The standard InChI is InChI=1S/C10H10F5N.ClH/c11-7-3-1-2-6(9(7)12)4-5-8(16)10(13,14)15;/h1-3,8H,4-5,16H2;1H. The zero-order chi connectivity index (χ0) is 12.3. The monoisotopic (exact) mass is 275 g/mol. The van der Waals surface area contributed by atoms with Crippen LogP contribution in [0.25, 0.3) is 0 Å². The Bertz CT molecular complexity index is 366. The number of halogens is 6. The highest BCUT2D eigenvalue weighted by molar-refractivity contribution is 5.85. The molecule has 0 bridgehead atoms. The van der Waals surface area contributed by atoms with E-state index < -0.39 is 30.3 Å². The first-order valence-electron chi connectivity index (χ1n) is 4.57. The number of alkyl halides is 3. The molecule has 1 rings (SSSR count). The molecule has 1 aromatic rings. The number of nitrogens with two attached hydrogens (primary N) is 1. The molecule has 0 aromatic heterocycles. The van der Waals surface area contributed by atoms with Gasteiger partial charge in [0.05, 0.1) is 0 Å². The molecule has 17 heavy (non-hydrogen) atoms. The summed E-state index contributed by atoms with van der Waals surface area (Å²) in [7, 11) is 0. The maximum absolute atomic E-state index is 13.1. The Morgan fingerprint density at radius 1 is 1.18 bits per heavy atom. The molecule has 2 N–H and O–H groups in total. The lowest BCUT2D eigenvalue weighted by molar-refractivity contribution is -0.148. The minimum atomic E-state index is -4.51. The van der Waals surface area contributed by atoms with Gasteiger partial charge in [0.15, 0.2) is 11.6 Å². The predicted molar refractivity (Wildman–Crippen MR) is 56.0 cm³/mol. The van der Waals surface area contributed by atoms with E-state index in [1.165, 1.54) is 12.1 Å². The molecular formula is C10H11ClF5N. The number of rotatable bonds is 3. The Hall–Kier alpha value is -0.880. The molecule has 1 atom stereocenters. The molecule has 0 aliphatic carbocycles. The van der Waals surface area contributed by atoms with Crippen molar-refractivity contribution in [3.63, 3.8) is 0 Å². The van der Waals surface area contributed by atoms with Crippen molar-refractivity contribution in [1.29, 1.82) is 0 Å². The molecule has 0 radical (unpaired) electrons. The Morgan fingerprint density at radius 3 is 2.29 bits per heavy atom. The topological polar surface area (TPSA) is 26.0 Å². The Balaban J connectivity index is 0.00000256. The molecule has 0 saturated carbocycles. The second-order valence-electron chi connectivity index (χ2n) is 3.40. The van der Waals surface area contributed by atoms with Crippen molar-refractivity contribution in [1.82, 2.24) is 0 Å². The van der Waals surface area contributed by atoms with Crippen LogP contribution in [0.4, 0.5) is 22.0 Å². The van der Waals surface area contributed by atoms with Crippen molar-refractivity contribution >= 4 is 12.4 Å². The predicted octanol–water partition coefficient (Wildman–Crippen LogP) is 3.21. The van der Waals surface area contributed by atoms with Crippen LogP contribution >= 0.6 is 12.4 Å². The highest BCUT2D eigenvalue weighted by atomic mass is 35.5. The average molecular weight is 276 g/mol. The quantitative estimate of drug-likeness (QED) is 0.842. The van der Waals surface area contributed by atoms with Crippen LogP contribution in [0.2, 0.25) is 0 Å². The molecule has 0 aliphatic heterocycles. The summed E-state index contributed by atoms with van der Waals surface area (Å²) in [6, 6.07) is 1.37. The summed E-state index contributed by atoms with van der Waals surface area (Å²) in [5.41, 5.74) is 4.75. The van der Waals surface area contributed by atoms with Gasteiger partial charge >= 0.3 is 6.18 Å². The fraction of sp³-hybridized carbons (Fsp3) is 0.400. The van der Waals surface area contributed by atoms with E-state index in [0.29, 0.717) is 0 Å². The second-order valence-corrected chi connectivity index (χ2v) is 3.40. The summed E-state index contributed by atoms with van der Waals surface area (Å²) < 4.78 is 61.9. The van der Waals surface area contributed by atoms with Crippen LogP contribution in [-0.4, -0.2) is 12.2 Å². The lowest BCUT2D eigenvalue weighted by Gasteiger charge is -2.15. The van der Waals surface area contributed by atoms with Crippen LogP contribution in [0, 0.1) is 11.6 Å². The third-order valence-electron chi connectivity index (χ3n) is 2.18. The van der Waals surface area contributed by atoms with Gasteiger partial charge in [-0.05, 0) is 24.5 Å². The molecule has 1 nitrogen and oxygen atoms in total. The molecule has 0 fully saturated rings. The smallest absolute Gasteiger partial charge is 0.320 e. The van der Waals surface area contributed by atoms with Gasteiger partial charge in [0, 0.05) is 0 Å². The molecule has 1 unspecified atom stereocenters. The van der Waals surface area contributed by atoms with Gasteiger partial charge in [-0.3, -0.25) is 0 Å². The lowest BCUT2D eigenvalue weighted by atomic mass is 10.0. The van der Waals surface area contributed by atoms with E-state index in [1.54, 1.807) is 0 Å². The van der Waals surface area contributed by atoms with Gasteiger partial charge in [-0.2, -0.15) is 13.2 Å². The van der Waals surface area contributed by atoms with Gasteiger partial charge in [-0.25, -0.2) is 8.78 Å². The third kappa shape index (κ3) is 4.47. The van der Waals surface area contributed by atoms with Crippen LogP contribution < -0.4 is 5.73 Å². The molecule has 0 saturated heterocycles. The van der Waals surface area contributed by atoms with Crippen molar-refractivity contribution < 1.29 is 22.0 Å². The van der Waals surface area contributed by atoms with Gasteiger partial charge in [0.2, 0.25) is 0 Å². The van der Waals surface area contributed by atoms with Crippen LogP contribution in [-0.2, 0) is 6.42 Å². The zero-order valence-electron chi connectivity index (χ0n) is 8.60. The Labute approximate surface area is 101 Å². The Morgan fingerprint density at radius 2 is 1.76 bits per heavy atom. The van der Waals surface area contributed by atoms with Crippen molar-refractivity contribution in [3.05, 3.63) is 35.4 Å². The largest absolute Gasteiger partial charge is 0.403 e. The van der Waals surface area contributed by atoms with Gasteiger partial charge in [-0.1, -0.05) is 12.1 Å². The summed E-state index contributed by atoms with van der Waals surface area (Å²) in [6.07, 6.45) is -5.22. The minimum absolute atomic E-state index is 0. The van der Waals surface area contributed by atoms with Crippen LogP contribution in [0.1, 0.15) is 12.0 Å². The van der Waals surface area contributed by atoms with Crippen molar-refractivity contribution in [3.8, 4) is 0 Å². The van der Waals surface area contributed by atoms with Crippen molar-refractivity contribution in [2.75, 3.05) is 0 Å². The normalized spacial score (nSPS) is 13.1. The molecule has 0 spiro atoms. The summed E-state index contributed by atoms with van der Waals surface area (Å²) in [5, 5.41) is 0. The second kappa shape index (κ2) is 6.16. The summed E-state index contributed by atoms with van der Waals surface area (Å²) in [4.78, 5) is 0. The van der Waals surface area contributed by atoms with E-state index in [0.717, 1.165) is 6.07 Å². The molecule has 1 aromatic carbocycles. The maximum atomic E-state index is 13.1. The minimum Gasteiger partial charge on any atom is -0.320 e. The Kier molecular flexibility index (Phi) is 5.84. The van der Waals surface area contributed by atoms with Gasteiger partial charge < -0.3 is 5.73 Å². The van der Waals surface area contributed by atoms with E-state index in [4.69, 9.17) is 5.73 Å². The fourth-order valence-electron chi connectivity index (χ4n) is 1.22. The fourth-order valence-corrected chi connectivity index (χ4v) is 1.22. The first kappa shape index (κ1) is 16.1. The molecule has 0 aliphatic rings. The van der Waals surface area contributed by atoms with E-state index in [2.05, 4.69) is 0 Å². The van der Waals surface area contributed by atoms with E-state index >= 15 is 0 Å². The first-order valence-corrected chi connectivity index (χ1v) is 4.57. The van der Waals surface area contributed by atoms with E-state index in [-0.39, 0.29) is 24.4 Å². The SMILES string of the molecule is Cl.NC(CCc1cccc(F)c1F)C(F)(F)F. The molecular weight excluding hydrogens is 265 g/mol. The highest BCUT2D eigenvalue weighted by Gasteiger charge is 2.36.